The van der Waals surface area contributed by atoms with Gasteiger partial charge in [0, 0.05) is 12.6 Å². The molecule has 1 rings (SSSR count). The minimum atomic E-state index is -1.10. The van der Waals surface area contributed by atoms with Gasteiger partial charge >= 0.3 is 12.0 Å². The van der Waals surface area contributed by atoms with Gasteiger partial charge in [-0.1, -0.05) is 0 Å². The summed E-state index contributed by atoms with van der Waals surface area (Å²) in [6.07, 6.45) is 1.30. The van der Waals surface area contributed by atoms with Crippen molar-refractivity contribution in [2.24, 2.45) is 0 Å². The summed E-state index contributed by atoms with van der Waals surface area (Å²) >= 11 is 0. The fourth-order valence-electron chi connectivity index (χ4n) is 1.19. The van der Waals surface area contributed by atoms with Crippen LogP contribution in [0.3, 0.4) is 0 Å². The van der Waals surface area contributed by atoms with Crippen LogP contribution < -0.4 is 10.6 Å². The van der Waals surface area contributed by atoms with Gasteiger partial charge in [-0.3, -0.25) is 0 Å². The van der Waals surface area contributed by atoms with E-state index < -0.39 is 5.97 Å². The Morgan fingerprint density at radius 1 is 1.42 bits per heavy atom. The van der Waals surface area contributed by atoms with Crippen molar-refractivity contribution in [1.82, 2.24) is 15.2 Å². The second-order valence-electron chi connectivity index (χ2n) is 4.38. The van der Waals surface area contributed by atoms with Crippen LogP contribution in [0.5, 0.6) is 0 Å². The third kappa shape index (κ3) is 4.92. The predicted molar refractivity (Wildman–Crippen MR) is 71.4 cm³/mol. The number of rotatable bonds is 5. The number of amides is 2. The molecule has 0 aliphatic carbocycles. The summed E-state index contributed by atoms with van der Waals surface area (Å²) in [6, 6.07) is 2.70. The Labute approximate surface area is 111 Å². The maximum absolute atomic E-state index is 11.6. The number of carbonyl (C=O) groups excluding carboxylic acids is 1. The van der Waals surface area contributed by atoms with Crippen molar-refractivity contribution < 1.29 is 14.7 Å². The third-order valence-electron chi connectivity index (χ3n) is 2.68. The van der Waals surface area contributed by atoms with Crippen LogP contribution in [0.4, 0.5) is 10.5 Å². The van der Waals surface area contributed by atoms with Gasteiger partial charge in [0.25, 0.3) is 0 Å². The van der Waals surface area contributed by atoms with Crippen LogP contribution in [0.15, 0.2) is 18.3 Å². The second kappa shape index (κ2) is 6.69. The molecule has 0 fully saturated rings. The number of nitrogens with one attached hydrogen (secondary N) is 2. The Morgan fingerprint density at radius 2 is 2.11 bits per heavy atom. The number of hydrogen-bond donors (Lipinski definition) is 3. The molecule has 0 aliphatic rings. The normalized spacial score (nSPS) is 12.0. The number of carbonyl (C=O) groups is 2. The van der Waals surface area contributed by atoms with Crippen LogP contribution in [0.2, 0.25) is 0 Å². The Kier molecular flexibility index (Phi) is 5.25. The Balaban J connectivity index is 2.46. The molecule has 104 valence electrons. The highest BCUT2D eigenvalue weighted by molar-refractivity contribution is 5.90. The van der Waals surface area contributed by atoms with Gasteiger partial charge in [0.1, 0.15) is 5.69 Å². The first-order valence-corrected chi connectivity index (χ1v) is 5.80. The molecule has 19 heavy (non-hydrogen) atoms. The first-order chi connectivity index (χ1) is 8.90. The summed E-state index contributed by atoms with van der Waals surface area (Å²) in [6.45, 7) is 2.50. The maximum Gasteiger partial charge on any atom is 0.354 e. The van der Waals surface area contributed by atoms with Crippen molar-refractivity contribution in [1.29, 1.82) is 0 Å². The van der Waals surface area contributed by atoms with E-state index >= 15 is 0 Å². The van der Waals surface area contributed by atoms with Gasteiger partial charge in [-0.25, -0.2) is 14.6 Å². The van der Waals surface area contributed by atoms with E-state index in [1.54, 1.807) is 0 Å². The molecular formula is C12H18N4O3. The molecule has 0 saturated carbocycles. The largest absolute Gasteiger partial charge is 0.477 e. The molecule has 7 nitrogen and oxygen atoms in total. The van der Waals surface area contributed by atoms with Crippen molar-refractivity contribution in [3.63, 3.8) is 0 Å². The summed E-state index contributed by atoms with van der Waals surface area (Å²) in [5.74, 6) is -1.10. The van der Waals surface area contributed by atoms with E-state index in [1.807, 2.05) is 25.9 Å². The van der Waals surface area contributed by atoms with Gasteiger partial charge in [-0.2, -0.15) is 0 Å². The lowest BCUT2D eigenvalue weighted by atomic mass is 10.3. The van der Waals surface area contributed by atoms with E-state index in [4.69, 9.17) is 5.11 Å². The van der Waals surface area contributed by atoms with E-state index in [2.05, 4.69) is 15.6 Å². The second-order valence-corrected chi connectivity index (χ2v) is 4.38. The molecular weight excluding hydrogens is 248 g/mol. The molecule has 1 atom stereocenters. The summed E-state index contributed by atoms with van der Waals surface area (Å²) < 4.78 is 0. The zero-order valence-electron chi connectivity index (χ0n) is 11.2. The maximum atomic E-state index is 11.6. The molecule has 0 saturated heterocycles. The van der Waals surface area contributed by atoms with Crippen molar-refractivity contribution in [2.45, 2.75) is 13.0 Å². The number of pyridine rings is 1. The molecule has 1 aromatic rings. The van der Waals surface area contributed by atoms with Crippen molar-refractivity contribution in [3.05, 3.63) is 24.0 Å². The van der Waals surface area contributed by atoms with Crippen LogP contribution in [-0.2, 0) is 0 Å². The van der Waals surface area contributed by atoms with Crippen molar-refractivity contribution in [3.8, 4) is 0 Å². The number of likely N-dealkylation sites (N-methyl/N-ethyl adjacent to an activating group) is 1. The first-order valence-electron chi connectivity index (χ1n) is 5.80. The topological polar surface area (TPSA) is 94.6 Å². The van der Waals surface area contributed by atoms with Gasteiger partial charge in [-0.15, -0.1) is 0 Å². The van der Waals surface area contributed by atoms with Crippen molar-refractivity contribution in [2.75, 3.05) is 26.0 Å². The summed E-state index contributed by atoms with van der Waals surface area (Å²) in [4.78, 5) is 27.9. The molecule has 0 radical (unpaired) electrons. The molecule has 2 amide bonds. The van der Waals surface area contributed by atoms with Crippen LogP contribution in [0.1, 0.15) is 17.4 Å². The van der Waals surface area contributed by atoms with E-state index in [9.17, 15) is 9.59 Å². The highest BCUT2D eigenvalue weighted by Gasteiger charge is 2.08. The van der Waals surface area contributed by atoms with Crippen molar-refractivity contribution >= 4 is 17.7 Å². The lowest BCUT2D eigenvalue weighted by Crippen LogP contribution is -2.40. The average Bonchev–Trinajstić information content (AvgIpc) is 2.36. The lowest BCUT2D eigenvalue weighted by molar-refractivity contribution is 0.0690. The summed E-state index contributed by atoms with van der Waals surface area (Å²) in [7, 11) is 3.86. The number of urea groups is 1. The van der Waals surface area contributed by atoms with Crippen LogP contribution in [0, 0.1) is 0 Å². The van der Waals surface area contributed by atoms with E-state index in [0.717, 1.165) is 0 Å². The Morgan fingerprint density at radius 3 is 2.58 bits per heavy atom. The Bertz CT molecular complexity index is 445. The lowest BCUT2D eigenvalue weighted by Gasteiger charge is -2.20. The van der Waals surface area contributed by atoms with Crippen LogP contribution in [-0.4, -0.2) is 53.7 Å². The number of hydrogen-bond acceptors (Lipinski definition) is 4. The molecule has 1 unspecified atom stereocenters. The molecule has 7 heteroatoms. The quantitative estimate of drug-likeness (QED) is 0.734. The average molecular weight is 266 g/mol. The van der Waals surface area contributed by atoms with E-state index in [1.165, 1.54) is 18.3 Å². The monoisotopic (exact) mass is 266 g/mol. The van der Waals surface area contributed by atoms with E-state index in [0.29, 0.717) is 12.2 Å². The molecule has 1 heterocycles. The van der Waals surface area contributed by atoms with Gasteiger partial charge in [0.2, 0.25) is 0 Å². The highest BCUT2D eigenvalue weighted by Crippen LogP contribution is 2.05. The first kappa shape index (κ1) is 14.9. The predicted octanol–water partition coefficient (Wildman–Crippen LogP) is 0.851. The van der Waals surface area contributed by atoms with Gasteiger partial charge < -0.3 is 20.6 Å². The minimum Gasteiger partial charge on any atom is -0.477 e. The molecule has 0 spiro atoms. The number of carboxylic acids is 1. The standard InChI is InChI=1S/C12H18N4O3/c1-8(16(2)3)6-14-12(19)15-9-4-5-10(11(17)18)13-7-9/h4-5,7-8H,6H2,1-3H3,(H,17,18)(H2,14,15,19). The number of anilines is 1. The molecule has 3 N–H and O–H groups in total. The molecule has 0 aliphatic heterocycles. The zero-order chi connectivity index (χ0) is 14.4. The third-order valence-corrected chi connectivity index (χ3v) is 2.68. The number of aromatic carboxylic acids is 1. The van der Waals surface area contributed by atoms with Crippen LogP contribution >= 0.6 is 0 Å². The van der Waals surface area contributed by atoms with Gasteiger partial charge in [-0.05, 0) is 33.2 Å². The van der Waals surface area contributed by atoms with Gasteiger partial charge in [0.05, 0.1) is 11.9 Å². The smallest absolute Gasteiger partial charge is 0.354 e. The van der Waals surface area contributed by atoms with E-state index in [-0.39, 0.29) is 17.8 Å². The van der Waals surface area contributed by atoms with Crippen LogP contribution in [0.25, 0.3) is 0 Å². The minimum absolute atomic E-state index is 0.0628. The molecule has 0 bridgehead atoms. The number of aromatic nitrogens is 1. The number of carboxylic acid groups (broad SMARTS) is 1. The summed E-state index contributed by atoms with van der Waals surface area (Å²) in [5.41, 5.74) is 0.382. The highest BCUT2D eigenvalue weighted by atomic mass is 16.4. The Hall–Kier alpha value is -2.15. The van der Waals surface area contributed by atoms with Gasteiger partial charge in [0.15, 0.2) is 0 Å². The summed E-state index contributed by atoms with van der Waals surface area (Å²) in [5, 5.41) is 14.0. The molecule has 1 aromatic heterocycles. The number of nitrogens with zero attached hydrogens (tertiary/aromatic N) is 2. The SMILES string of the molecule is CC(CNC(=O)Nc1ccc(C(=O)O)nc1)N(C)C. The fraction of sp³-hybridized carbons (Fsp3) is 0.417. The zero-order valence-corrected chi connectivity index (χ0v) is 11.2. The molecule has 0 aromatic carbocycles. The fourth-order valence-corrected chi connectivity index (χ4v) is 1.19.